The molecule has 8 heteroatoms. The zero-order valence-corrected chi connectivity index (χ0v) is 16.2. The van der Waals surface area contributed by atoms with E-state index in [9.17, 15) is 9.59 Å². The quantitative estimate of drug-likeness (QED) is 0.825. The number of nitrogens with zero attached hydrogens (tertiary/aromatic N) is 4. The minimum atomic E-state index is -0.103. The number of ketones is 1. The van der Waals surface area contributed by atoms with Crippen LogP contribution in [0.3, 0.4) is 0 Å². The van der Waals surface area contributed by atoms with Crippen LogP contribution in [-0.4, -0.2) is 64.4 Å². The Labute approximate surface area is 164 Å². The highest BCUT2D eigenvalue weighted by Crippen LogP contribution is 2.28. The average Bonchev–Trinajstić information content (AvgIpc) is 3.22. The molecule has 2 aromatic rings. The fourth-order valence-electron chi connectivity index (χ4n) is 4.31. The van der Waals surface area contributed by atoms with Crippen molar-refractivity contribution in [1.82, 2.24) is 25.2 Å². The van der Waals surface area contributed by atoms with Crippen LogP contribution >= 0.6 is 0 Å². The predicted molar refractivity (Wildman–Crippen MR) is 107 cm³/mol. The van der Waals surface area contributed by atoms with Gasteiger partial charge in [-0.05, 0) is 44.1 Å². The number of H-pyrrole nitrogens is 1. The highest BCUT2D eigenvalue weighted by molar-refractivity contribution is 5.87. The number of rotatable bonds is 5. The lowest BCUT2D eigenvalue weighted by molar-refractivity contribution is -0.119. The van der Waals surface area contributed by atoms with E-state index in [-0.39, 0.29) is 24.3 Å². The summed E-state index contributed by atoms with van der Waals surface area (Å²) in [7, 11) is 0. The standard InChI is InChI=1S/C20H28N6O2/c27-16(12-22-20(28)25-8-2-1-3-9-25)11-15-5-4-10-26(13-15)19-17-6-7-21-18(17)23-14-24-19/h6-7,14-15H,1-5,8-13H2,(H,22,28)(H,21,23,24). The second kappa shape index (κ2) is 8.58. The monoisotopic (exact) mass is 384 g/mol. The lowest BCUT2D eigenvalue weighted by Crippen LogP contribution is -2.45. The smallest absolute Gasteiger partial charge is 0.317 e. The fourth-order valence-corrected chi connectivity index (χ4v) is 4.31. The van der Waals surface area contributed by atoms with Crippen molar-refractivity contribution in [3.8, 4) is 0 Å². The maximum absolute atomic E-state index is 12.4. The Morgan fingerprint density at radius 3 is 2.86 bits per heavy atom. The number of carbonyl (C=O) groups excluding carboxylic acids is 2. The van der Waals surface area contributed by atoms with Crippen LogP contribution in [0, 0.1) is 5.92 Å². The molecule has 0 radical (unpaired) electrons. The number of nitrogens with one attached hydrogen (secondary N) is 2. The van der Waals surface area contributed by atoms with Gasteiger partial charge in [-0.15, -0.1) is 0 Å². The molecule has 2 aliphatic rings. The van der Waals surface area contributed by atoms with Crippen molar-refractivity contribution >= 4 is 28.7 Å². The second-order valence-electron chi connectivity index (χ2n) is 7.84. The molecule has 0 aromatic carbocycles. The van der Waals surface area contributed by atoms with Gasteiger partial charge in [0.1, 0.15) is 17.8 Å². The van der Waals surface area contributed by atoms with Crippen LogP contribution in [-0.2, 0) is 4.79 Å². The molecule has 2 aliphatic heterocycles. The predicted octanol–water partition coefficient (Wildman–Crippen LogP) is 2.33. The lowest BCUT2D eigenvalue weighted by atomic mass is 9.92. The Morgan fingerprint density at radius 2 is 2.00 bits per heavy atom. The van der Waals surface area contributed by atoms with Crippen molar-refractivity contribution in [2.75, 3.05) is 37.6 Å². The fraction of sp³-hybridized carbons (Fsp3) is 0.600. The first-order valence-corrected chi connectivity index (χ1v) is 10.3. The van der Waals surface area contributed by atoms with E-state index in [1.165, 1.54) is 6.42 Å². The summed E-state index contributed by atoms with van der Waals surface area (Å²) in [5.41, 5.74) is 0.837. The molecule has 1 unspecified atom stereocenters. The molecule has 2 saturated heterocycles. The summed E-state index contributed by atoms with van der Waals surface area (Å²) in [6, 6.07) is 1.89. The van der Waals surface area contributed by atoms with E-state index in [1.807, 2.05) is 17.2 Å². The molecular formula is C20H28N6O2. The van der Waals surface area contributed by atoms with Gasteiger partial charge in [-0.25, -0.2) is 14.8 Å². The minimum Gasteiger partial charge on any atom is -0.356 e. The maximum atomic E-state index is 12.4. The molecule has 0 saturated carbocycles. The van der Waals surface area contributed by atoms with E-state index < -0.39 is 0 Å². The Balaban J connectivity index is 1.29. The molecule has 1 atom stereocenters. The first-order valence-electron chi connectivity index (χ1n) is 10.3. The average molecular weight is 384 g/mol. The number of Topliss-reactive ketones (excluding diaryl/α,β-unsaturated/α-hetero) is 1. The first-order chi connectivity index (χ1) is 13.7. The number of aromatic nitrogens is 3. The Hall–Kier alpha value is -2.64. The molecule has 4 rings (SSSR count). The zero-order chi connectivity index (χ0) is 19.3. The van der Waals surface area contributed by atoms with Gasteiger partial charge in [-0.3, -0.25) is 4.79 Å². The summed E-state index contributed by atoms with van der Waals surface area (Å²) in [5, 5.41) is 3.82. The normalized spacial score (nSPS) is 20.4. The molecule has 0 bridgehead atoms. The van der Waals surface area contributed by atoms with Gasteiger partial charge in [0.25, 0.3) is 0 Å². The van der Waals surface area contributed by atoms with E-state index in [0.717, 1.165) is 68.7 Å². The summed E-state index contributed by atoms with van der Waals surface area (Å²) >= 11 is 0. The summed E-state index contributed by atoms with van der Waals surface area (Å²) in [5.74, 6) is 1.32. The number of carbonyl (C=O) groups is 2. The number of piperidine rings is 2. The number of amides is 2. The summed E-state index contributed by atoms with van der Waals surface area (Å²) in [6.45, 7) is 3.46. The number of likely N-dealkylation sites (tertiary alicyclic amines) is 1. The van der Waals surface area contributed by atoms with Crippen LogP contribution in [0.1, 0.15) is 38.5 Å². The second-order valence-corrected chi connectivity index (χ2v) is 7.84. The third-order valence-electron chi connectivity index (χ3n) is 5.75. The van der Waals surface area contributed by atoms with E-state index in [0.29, 0.717) is 6.42 Å². The maximum Gasteiger partial charge on any atom is 0.317 e. The van der Waals surface area contributed by atoms with Crippen molar-refractivity contribution in [1.29, 1.82) is 0 Å². The Bertz CT molecular complexity index is 829. The SMILES string of the molecule is O=C(CNC(=O)N1CCCCC1)CC1CCCN(c2ncnc3[nH]ccc23)C1. The number of fused-ring (bicyclic) bond motifs is 1. The van der Waals surface area contributed by atoms with Crippen LogP contribution in [0.2, 0.25) is 0 Å². The van der Waals surface area contributed by atoms with Gasteiger partial charge in [-0.2, -0.15) is 0 Å². The molecule has 2 amide bonds. The third-order valence-corrected chi connectivity index (χ3v) is 5.75. The molecule has 8 nitrogen and oxygen atoms in total. The van der Waals surface area contributed by atoms with Crippen LogP contribution in [0.15, 0.2) is 18.6 Å². The van der Waals surface area contributed by atoms with Crippen molar-refractivity contribution in [3.05, 3.63) is 18.6 Å². The van der Waals surface area contributed by atoms with Gasteiger partial charge in [0.05, 0.1) is 11.9 Å². The summed E-state index contributed by atoms with van der Waals surface area (Å²) < 4.78 is 0. The van der Waals surface area contributed by atoms with E-state index in [2.05, 4.69) is 25.2 Å². The van der Waals surface area contributed by atoms with Crippen molar-refractivity contribution in [2.24, 2.45) is 5.92 Å². The summed E-state index contributed by atoms with van der Waals surface area (Å²) in [4.78, 5) is 40.5. The van der Waals surface area contributed by atoms with Crippen molar-refractivity contribution < 1.29 is 9.59 Å². The van der Waals surface area contributed by atoms with Gasteiger partial charge in [0.15, 0.2) is 5.78 Å². The molecule has 0 spiro atoms. The topological polar surface area (TPSA) is 94.2 Å². The minimum absolute atomic E-state index is 0.103. The molecule has 4 heterocycles. The zero-order valence-electron chi connectivity index (χ0n) is 16.2. The molecular weight excluding hydrogens is 356 g/mol. The third kappa shape index (κ3) is 4.26. The number of hydrogen-bond acceptors (Lipinski definition) is 5. The highest BCUT2D eigenvalue weighted by Gasteiger charge is 2.25. The molecule has 2 fully saturated rings. The number of aromatic amines is 1. The van der Waals surface area contributed by atoms with Gasteiger partial charge >= 0.3 is 6.03 Å². The molecule has 2 N–H and O–H groups in total. The van der Waals surface area contributed by atoms with Gasteiger partial charge in [0, 0.05) is 38.8 Å². The molecule has 0 aliphatic carbocycles. The van der Waals surface area contributed by atoms with Crippen LogP contribution in [0.4, 0.5) is 10.6 Å². The molecule has 2 aromatic heterocycles. The van der Waals surface area contributed by atoms with Crippen LogP contribution in [0.5, 0.6) is 0 Å². The van der Waals surface area contributed by atoms with Crippen LogP contribution < -0.4 is 10.2 Å². The van der Waals surface area contributed by atoms with E-state index in [4.69, 9.17) is 0 Å². The summed E-state index contributed by atoms with van der Waals surface area (Å²) in [6.07, 6.45) is 9.31. The van der Waals surface area contributed by atoms with E-state index in [1.54, 1.807) is 6.33 Å². The van der Waals surface area contributed by atoms with Gasteiger partial charge in [-0.1, -0.05) is 0 Å². The number of urea groups is 1. The number of anilines is 1. The van der Waals surface area contributed by atoms with Crippen molar-refractivity contribution in [2.45, 2.75) is 38.5 Å². The Morgan fingerprint density at radius 1 is 1.14 bits per heavy atom. The van der Waals surface area contributed by atoms with E-state index >= 15 is 0 Å². The van der Waals surface area contributed by atoms with Gasteiger partial charge in [0.2, 0.25) is 0 Å². The lowest BCUT2D eigenvalue weighted by Gasteiger charge is -2.33. The highest BCUT2D eigenvalue weighted by atomic mass is 16.2. The first kappa shape index (κ1) is 18.7. The van der Waals surface area contributed by atoms with Gasteiger partial charge < -0.3 is 20.1 Å². The largest absolute Gasteiger partial charge is 0.356 e. The number of hydrogen-bond donors (Lipinski definition) is 2. The van der Waals surface area contributed by atoms with Crippen LogP contribution in [0.25, 0.3) is 11.0 Å². The molecule has 28 heavy (non-hydrogen) atoms. The van der Waals surface area contributed by atoms with Crippen molar-refractivity contribution in [3.63, 3.8) is 0 Å². The molecule has 150 valence electrons. The Kier molecular flexibility index (Phi) is 5.73.